The van der Waals surface area contributed by atoms with Crippen LogP contribution in [0.1, 0.15) is 66.8 Å². The van der Waals surface area contributed by atoms with Gasteiger partial charge in [0.05, 0.1) is 22.1 Å². The number of fused-ring (bicyclic) bond motifs is 1. The second kappa shape index (κ2) is 10.7. The van der Waals surface area contributed by atoms with Crippen LogP contribution in [0.4, 0.5) is 0 Å². The molecule has 1 aromatic heterocycles. The van der Waals surface area contributed by atoms with Gasteiger partial charge >= 0.3 is 0 Å². The Morgan fingerprint density at radius 1 is 1.08 bits per heavy atom. The molecule has 198 valence electrons. The number of benzene rings is 2. The number of hydrogen-bond acceptors (Lipinski definition) is 5. The summed E-state index contributed by atoms with van der Waals surface area (Å²) < 4.78 is 0. The van der Waals surface area contributed by atoms with Crippen LogP contribution in [0, 0.1) is 12.8 Å². The Kier molecular flexibility index (Phi) is 7.34. The molecule has 2 aliphatic heterocycles. The summed E-state index contributed by atoms with van der Waals surface area (Å²) in [4.78, 5) is 49.3. The lowest BCUT2D eigenvalue weighted by molar-refractivity contribution is -0.143. The highest BCUT2D eigenvalue weighted by atomic mass is 32.1. The third-order valence-corrected chi connectivity index (χ3v) is 8.66. The van der Waals surface area contributed by atoms with E-state index in [1.54, 1.807) is 21.1 Å². The van der Waals surface area contributed by atoms with Gasteiger partial charge in [-0.1, -0.05) is 56.3 Å². The molecule has 3 atom stereocenters. The molecule has 38 heavy (non-hydrogen) atoms. The normalized spacial score (nSPS) is 18.6. The first-order valence-corrected chi connectivity index (χ1v) is 14.1. The fourth-order valence-electron chi connectivity index (χ4n) is 5.65. The van der Waals surface area contributed by atoms with Crippen LogP contribution in [0.25, 0.3) is 10.4 Å². The van der Waals surface area contributed by atoms with Crippen molar-refractivity contribution in [2.75, 3.05) is 6.54 Å². The average Bonchev–Trinajstić information content (AvgIpc) is 3.64. The van der Waals surface area contributed by atoms with E-state index in [0.717, 1.165) is 33.7 Å². The van der Waals surface area contributed by atoms with E-state index in [-0.39, 0.29) is 29.7 Å². The Morgan fingerprint density at radius 2 is 1.82 bits per heavy atom. The summed E-state index contributed by atoms with van der Waals surface area (Å²) in [7, 11) is 0. The molecule has 1 saturated heterocycles. The Hall–Kier alpha value is -3.52. The van der Waals surface area contributed by atoms with Crippen molar-refractivity contribution < 1.29 is 14.4 Å². The van der Waals surface area contributed by atoms with Crippen molar-refractivity contribution in [3.05, 3.63) is 76.4 Å². The molecule has 2 aliphatic rings. The molecule has 1 unspecified atom stereocenters. The Balaban J connectivity index is 1.28. The van der Waals surface area contributed by atoms with Gasteiger partial charge in [-0.3, -0.25) is 14.4 Å². The molecule has 1 N–H and O–H groups in total. The largest absolute Gasteiger partial charge is 0.348 e. The van der Waals surface area contributed by atoms with Crippen molar-refractivity contribution in [2.45, 2.75) is 65.2 Å². The fraction of sp³-hybridized carbons (Fsp3) is 0.400. The summed E-state index contributed by atoms with van der Waals surface area (Å²) in [6, 6.07) is 14.3. The minimum Gasteiger partial charge on any atom is -0.348 e. The summed E-state index contributed by atoms with van der Waals surface area (Å²) in [6.07, 6.45) is 1.38. The molecule has 0 saturated carbocycles. The summed E-state index contributed by atoms with van der Waals surface area (Å²) in [5.41, 5.74) is 6.57. The number of nitrogens with one attached hydrogen (secondary N) is 1. The van der Waals surface area contributed by atoms with Crippen LogP contribution in [0.5, 0.6) is 0 Å². The molecule has 3 heterocycles. The van der Waals surface area contributed by atoms with E-state index < -0.39 is 12.1 Å². The van der Waals surface area contributed by atoms with Crippen LogP contribution in [-0.4, -0.2) is 51.1 Å². The van der Waals surface area contributed by atoms with Crippen LogP contribution in [-0.2, 0) is 16.1 Å². The monoisotopic (exact) mass is 530 g/mol. The number of amides is 3. The smallest absolute Gasteiger partial charge is 0.255 e. The second-order valence-electron chi connectivity index (χ2n) is 10.6. The van der Waals surface area contributed by atoms with Crippen LogP contribution in [0.3, 0.4) is 0 Å². The summed E-state index contributed by atoms with van der Waals surface area (Å²) >= 11 is 1.61. The number of likely N-dealkylation sites (tertiary alicyclic amines) is 1. The Bertz CT molecular complexity index is 1350. The van der Waals surface area contributed by atoms with Gasteiger partial charge in [-0.15, -0.1) is 11.3 Å². The zero-order valence-corrected chi connectivity index (χ0v) is 23.1. The maximum Gasteiger partial charge on any atom is 0.255 e. The molecule has 0 bridgehead atoms. The van der Waals surface area contributed by atoms with Gasteiger partial charge in [-0.05, 0) is 55.4 Å². The number of aryl methyl sites for hydroxylation is 1. The lowest BCUT2D eigenvalue weighted by Crippen LogP contribution is -2.55. The van der Waals surface area contributed by atoms with Gasteiger partial charge in [-0.2, -0.15) is 0 Å². The standard InChI is InChI=1S/C30H34N4O3S/c1-18(2)26(34-16-23-8-5-6-9-24(23)29(34)36)30(37)33-15-7-10-25(33)28(35)32-19(3)21-11-13-22(14-12-21)27-20(4)31-17-38-27/h5-6,8-9,11-14,17-19,25-26H,7,10,15-16H2,1-4H3,(H,32,35)/t19-,25?,26-/m0/s1. The molecule has 7 nitrogen and oxygen atoms in total. The third-order valence-electron chi connectivity index (χ3n) is 7.69. The van der Waals surface area contributed by atoms with Gasteiger partial charge in [0.2, 0.25) is 11.8 Å². The first kappa shape index (κ1) is 26.1. The van der Waals surface area contributed by atoms with Crippen molar-refractivity contribution >= 4 is 29.1 Å². The Morgan fingerprint density at radius 3 is 2.47 bits per heavy atom. The van der Waals surface area contributed by atoms with E-state index in [0.29, 0.717) is 25.1 Å². The minimum atomic E-state index is -0.608. The van der Waals surface area contributed by atoms with Crippen molar-refractivity contribution in [2.24, 2.45) is 5.92 Å². The number of nitrogens with zero attached hydrogens (tertiary/aromatic N) is 3. The van der Waals surface area contributed by atoms with Crippen LogP contribution >= 0.6 is 11.3 Å². The number of aromatic nitrogens is 1. The summed E-state index contributed by atoms with van der Waals surface area (Å²) in [5.74, 6) is -0.483. The molecular formula is C30H34N4O3S. The van der Waals surface area contributed by atoms with Crippen LogP contribution in [0.15, 0.2) is 54.0 Å². The van der Waals surface area contributed by atoms with Crippen LogP contribution in [0.2, 0.25) is 0 Å². The molecule has 0 spiro atoms. The van der Waals surface area contributed by atoms with Gasteiger partial charge < -0.3 is 15.1 Å². The molecule has 2 aromatic carbocycles. The molecule has 3 aromatic rings. The zero-order chi connectivity index (χ0) is 27.0. The van der Waals surface area contributed by atoms with Crippen molar-refractivity contribution in [1.29, 1.82) is 0 Å². The Labute approximate surface area is 227 Å². The number of carbonyl (C=O) groups is 3. The van der Waals surface area contributed by atoms with E-state index >= 15 is 0 Å². The van der Waals surface area contributed by atoms with E-state index in [4.69, 9.17) is 0 Å². The minimum absolute atomic E-state index is 0.0790. The number of rotatable bonds is 7. The lowest BCUT2D eigenvalue weighted by atomic mass is 10.00. The predicted octanol–water partition coefficient (Wildman–Crippen LogP) is 4.97. The molecular weight excluding hydrogens is 496 g/mol. The molecule has 8 heteroatoms. The molecule has 3 amide bonds. The van der Waals surface area contributed by atoms with Crippen molar-refractivity contribution in [1.82, 2.24) is 20.1 Å². The zero-order valence-electron chi connectivity index (χ0n) is 22.3. The van der Waals surface area contributed by atoms with E-state index in [1.165, 1.54) is 0 Å². The number of carbonyl (C=O) groups excluding carboxylic acids is 3. The average molecular weight is 531 g/mol. The van der Waals surface area contributed by atoms with Gasteiger partial charge in [0, 0.05) is 18.7 Å². The van der Waals surface area contributed by atoms with E-state index in [9.17, 15) is 14.4 Å². The fourth-order valence-corrected chi connectivity index (χ4v) is 6.46. The van der Waals surface area contributed by atoms with Gasteiger partial charge in [0.25, 0.3) is 5.91 Å². The lowest BCUT2D eigenvalue weighted by Gasteiger charge is -2.35. The molecule has 1 fully saturated rings. The second-order valence-corrected chi connectivity index (χ2v) is 11.4. The van der Waals surface area contributed by atoms with Crippen LogP contribution < -0.4 is 5.32 Å². The van der Waals surface area contributed by atoms with E-state index in [1.807, 2.05) is 69.6 Å². The topological polar surface area (TPSA) is 82.6 Å². The molecule has 0 aliphatic carbocycles. The van der Waals surface area contributed by atoms with Gasteiger partial charge in [-0.25, -0.2) is 4.98 Å². The highest BCUT2D eigenvalue weighted by Crippen LogP contribution is 2.31. The maximum atomic E-state index is 13.9. The predicted molar refractivity (Wildman–Crippen MR) is 149 cm³/mol. The van der Waals surface area contributed by atoms with E-state index in [2.05, 4.69) is 22.4 Å². The number of hydrogen-bond donors (Lipinski definition) is 1. The van der Waals surface area contributed by atoms with Crippen molar-refractivity contribution in [3.8, 4) is 10.4 Å². The first-order chi connectivity index (χ1) is 18.3. The number of thiazole rings is 1. The quantitative estimate of drug-likeness (QED) is 0.468. The maximum absolute atomic E-state index is 13.9. The highest BCUT2D eigenvalue weighted by molar-refractivity contribution is 7.13. The first-order valence-electron chi connectivity index (χ1n) is 13.3. The van der Waals surface area contributed by atoms with Gasteiger partial charge in [0.1, 0.15) is 12.1 Å². The molecule has 0 radical (unpaired) electrons. The van der Waals surface area contributed by atoms with Gasteiger partial charge in [0.15, 0.2) is 0 Å². The molecule has 5 rings (SSSR count). The van der Waals surface area contributed by atoms with Crippen molar-refractivity contribution in [3.63, 3.8) is 0 Å². The third kappa shape index (κ3) is 4.85. The summed E-state index contributed by atoms with van der Waals surface area (Å²) in [6.45, 7) is 8.82. The SMILES string of the molecule is Cc1ncsc1-c1ccc([C@H](C)NC(=O)C2CCCN2C(=O)[C@H](C(C)C)N2Cc3ccccc3C2=O)cc1. The highest BCUT2D eigenvalue weighted by Gasteiger charge is 2.43. The summed E-state index contributed by atoms with van der Waals surface area (Å²) in [5, 5.41) is 3.13.